The maximum Gasteiger partial charge on any atom is 0.0159 e. The van der Waals surface area contributed by atoms with Crippen LogP contribution in [0.4, 0.5) is 0 Å². The summed E-state index contributed by atoms with van der Waals surface area (Å²) in [7, 11) is 0. The van der Waals surface area contributed by atoms with Crippen molar-refractivity contribution in [1.82, 2.24) is 0 Å². The fourth-order valence-corrected chi connectivity index (χ4v) is 3.39. The third kappa shape index (κ3) is 3.11. The van der Waals surface area contributed by atoms with Crippen LogP contribution in [0.5, 0.6) is 0 Å². The lowest BCUT2D eigenvalue weighted by Gasteiger charge is -2.21. The first-order valence-corrected chi connectivity index (χ1v) is 8.81. The van der Waals surface area contributed by atoms with Crippen molar-refractivity contribution in [1.29, 1.82) is 0 Å². The van der Waals surface area contributed by atoms with Gasteiger partial charge in [-0.1, -0.05) is 90.1 Å². The third-order valence-electron chi connectivity index (χ3n) is 4.45. The predicted molar refractivity (Wildman–Crippen MR) is 107 cm³/mol. The molecule has 0 aromatic heterocycles. The standard InChI is InChI=1S/C19H16.C5H12/c1-19(2)17-10-6-5-9-15(17)16-11-13-7-3-4-8-14(13)12-18(16)19;1-5(2,3)4/h3-12H,1-2H3;1-4H3. The van der Waals surface area contributed by atoms with E-state index in [9.17, 15) is 0 Å². The van der Waals surface area contributed by atoms with Crippen LogP contribution in [-0.4, -0.2) is 0 Å². The number of fused-ring (bicyclic) bond motifs is 4. The van der Waals surface area contributed by atoms with Crippen LogP contribution in [-0.2, 0) is 5.41 Å². The zero-order chi connectivity index (χ0) is 17.5. The number of rotatable bonds is 0. The Hall–Kier alpha value is -2.08. The summed E-state index contributed by atoms with van der Waals surface area (Å²) in [4.78, 5) is 0. The topological polar surface area (TPSA) is 0 Å². The van der Waals surface area contributed by atoms with Gasteiger partial charge in [-0.3, -0.25) is 0 Å². The van der Waals surface area contributed by atoms with Gasteiger partial charge in [-0.15, -0.1) is 0 Å². The number of hydrogen-bond donors (Lipinski definition) is 0. The summed E-state index contributed by atoms with van der Waals surface area (Å²) >= 11 is 0. The van der Waals surface area contributed by atoms with Crippen molar-refractivity contribution in [2.45, 2.75) is 47.0 Å². The van der Waals surface area contributed by atoms with Crippen LogP contribution in [0.15, 0.2) is 60.7 Å². The van der Waals surface area contributed by atoms with Gasteiger partial charge in [0.25, 0.3) is 0 Å². The van der Waals surface area contributed by atoms with Crippen LogP contribution >= 0.6 is 0 Å². The fourth-order valence-electron chi connectivity index (χ4n) is 3.39. The molecule has 24 heavy (non-hydrogen) atoms. The molecule has 0 heterocycles. The molecule has 0 radical (unpaired) electrons. The molecule has 0 unspecified atom stereocenters. The van der Waals surface area contributed by atoms with Gasteiger partial charge < -0.3 is 0 Å². The largest absolute Gasteiger partial charge is 0.0619 e. The van der Waals surface area contributed by atoms with E-state index < -0.39 is 0 Å². The molecule has 0 atom stereocenters. The van der Waals surface area contributed by atoms with Crippen LogP contribution in [0.3, 0.4) is 0 Å². The van der Waals surface area contributed by atoms with Gasteiger partial charge in [-0.25, -0.2) is 0 Å². The number of benzene rings is 3. The van der Waals surface area contributed by atoms with Crippen LogP contribution in [0, 0.1) is 5.41 Å². The van der Waals surface area contributed by atoms with Gasteiger partial charge in [0.1, 0.15) is 0 Å². The highest BCUT2D eigenvalue weighted by atomic mass is 14.4. The Balaban J connectivity index is 0.000000300. The molecule has 0 nitrogen and oxygen atoms in total. The first-order chi connectivity index (χ1) is 11.2. The van der Waals surface area contributed by atoms with Gasteiger partial charge in [0, 0.05) is 5.41 Å². The van der Waals surface area contributed by atoms with Crippen LogP contribution in [0.2, 0.25) is 0 Å². The van der Waals surface area contributed by atoms with E-state index in [4.69, 9.17) is 0 Å². The molecule has 0 heteroatoms. The molecule has 0 amide bonds. The summed E-state index contributed by atoms with van der Waals surface area (Å²) in [6.45, 7) is 13.4. The Bertz CT molecular complexity index is 870. The molecule has 0 spiro atoms. The minimum Gasteiger partial charge on any atom is -0.0619 e. The van der Waals surface area contributed by atoms with E-state index in [0.717, 1.165) is 0 Å². The smallest absolute Gasteiger partial charge is 0.0159 e. The van der Waals surface area contributed by atoms with Crippen molar-refractivity contribution < 1.29 is 0 Å². The maximum absolute atomic E-state index is 2.37. The van der Waals surface area contributed by atoms with Crippen molar-refractivity contribution in [2.75, 3.05) is 0 Å². The molecule has 124 valence electrons. The molecule has 4 rings (SSSR count). The minimum absolute atomic E-state index is 0.107. The molecule has 0 fully saturated rings. The molecule has 1 aliphatic carbocycles. The van der Waals surface area contributed by atoms with Crippen molar-refractivity contribution >= 4 is 10.8 Å². The number of hydrogen-bond acceptors (Lipinski definition) is 0. The lowest BCUT2D eigenvalue weighted by molar-refractivity contribution is 0.469. The molecule has 0 N–H and O–H groups in total. The monoisotopic (exact) mass is 316 g/mol. The van der Waals surface area contributed by atoms with E-state index in [1.807, 2.05) is 0 Å². The van der Waals surface area contributed by atoms with E-state index in [-0.39, 0.29) is 5.41 Å². The molecule has 0 aliphatic heterocycles. The molecular weight excluding hydrogens is 288 g/mol. The van der Waals surface area contributed by atoms with Crippen molar-refractivity contribution in [3.05, 3.63) is 71.8 Å². The molecular formula is C24H28. The Kier molecular flexibility index (Phi) is 4.03. The highest BCUT2D eigenvalue weighted by molar-refractivity contribution is 5.93. The van der Waals surface area contributed by atoms with Crippen molar-refractivity contribution in [3.8, 4) is 11.1 Å². The Labute approximate surface area is 146 Å². The molecule has 0 bridgehead atoms. The third-order valence-corrected chi connectivity index (χ3v) is 4.45. The van der Waals surface area contributed by atoms with Gasteiger partial charge in [0.15, 0.2) is 0 Å². The first kappa shape index (κ1) is 16.8. The Morgan fingerprint density at radius 1 is 0.625 bits per heavy atom. The normalized spacial score (nSPS) is 14.6. The van der Waals surface area contributed by atoms with Crippen molar-refractivity contribution in [3.63, 3.8) is 0 Å². The molecule has 0 saturated heterocycles. The Morgan fingerprint density at radius 2 is 1.12 bits per heavy atom. The summed E-state index contributed by atoms with van der Waals surface area (Å²) in [6, 6.07) is 22.1. The van der Waals surface area contributed by atoms with E-state index >= 15 is 0 Å². The second-order valence-electron chi connectivity index (χ2n) is 8.92. The van der Waals surface area contributed by atoms with Gasteiger partial charge >= 0.3 is 0 Å². The lowest BCUT2D eigenvalue weighted by Crippen LogP contribution is -2.14. The van der Waals surface area contributed by atoms with Crippen LogP contribution in [0.1, 0.15) is 52.7 Å². The first-order valence-electron chi connectivity index (χ1n) is 8.81. The second-order valence-corrected chi connectivity index (χ2v) is 8.92. The Morgan fingerprint density at radius 3 is 1.75 bits per heavy atom. The van der Waals surface area contributed by atoms with Crippen molar-refractivity contribution in [2.24, 2.45) is 5.41 Å². The quantitative estimate of drug-likeness (QED) is 0.411. The average molecular weight is 316 g/mol. The van der Waals surface area contributed by atoms with Gasteiger partial charge in [0.2, 0.25) is 0 Å². The second kappa shape index (κ2) is 5.77. The predicted octanol–water partition coefficient (Wildman–Crippen LogP) is 7.20. The maximum atomic E-state index is 2.37. The van der Waals surface area contributed by atoms with Gasteiger partial charge in [0.05, 0.1) is 0 Å². The van der Waals surface area contributed by atoms with Crippen LogP contribution in [0.25, 0.3) is 21.9 Å². The summed E-state index contributed by atoms with van der Waals surface area (Å²) in [5, 5.41) is 2.66. The molecule has 3 aromatic rings. The van der Waals surface area contributed by atoms with Gasteiger partial charge in [-0.2, -0.15) is 0 Å². The highest BCUT2D eigenvalue weighted by Gasteiger charge is 2.35. The molecule has 0 saturated carbocycles. The van der Waals surface area contributed by atoms with E-state index in [1.165, 1.54) is 33.0 Å². The summed E-state index contributed by atoms with van der Waals surface area (Å²) < 4.78 is 0. The fraction of sp³-hybridized carbons (Fsp3) is 0.333. The highest BCUT2D eigenvalue weighted by Crippen LogP contribution is 2.49. The summed E-state index contributed by atoms with van der Waals surface area (Å²) in [5.74, 6) is 0. The summed E-state index contributed by atoms with van der Waals surface area (Å²) in [6.07, 6.45) is 0. The van der Waals surface area contributed by atoms with E-state index in [0.29, 0.717) is 5.41 Å². The van der Waals surface area contributed by atoms with E-state index in [1.54, 1.807) is 0 Å². The summed E-state index contributed by atoms with van der Waals surface area (Å²) in [5.41, 5.74) is 6.30. The minimum atomic E-state index is 0.107. The zero-order valence-corrected chi connectivity index (χ0v) is 15.8. The lowest BCUT2D eigenvalue weighted by atomic mass is 9.82. The van der Waals surface area contributed by atoms with Gasteiger partial charge in [-0.05, 0) is 50.6 Å². The average Bonchev–Trinajstić information content (AvgIpc) is 2.73. The zero-order valence-electron chi connectivity index (χ0n) is 15.8. The van der Waals surface area contributed by atoms with Crippen LogP contribution < -0.4 is 0 Å². The molecule has 1 aliphatic rings. The SMILES string of the molecule is CC(C)(C)C.CC1(C)c2ccccc2-c2cc3ccccc3cc21. The van der Waals surface area contributed by atoms with E-state index in [2.05, 4.69) is 102 Å². The molecule has 3 aromatic carbocycles.